The summed E-state index contributed by atoms with van der Waals surface area (Å²) in [6.07, 6.45) is 5.36. The van der Waals surface area contributed by atoms with E-state index in [4.69, 9.17) is 16.3 Å². The highest BCUT2D eigenvalue weighted by Crippen LogP contribution is 2.18. The molecule has 0 spiro atoms. The molecule has 1 aliphatic rings. The Hall–Kier alpha value is -0.570. The molecule has 18 heavy (non-hydrogen) atoms. The number of nitrogens with one attached hydrogen (secondary N) is 1. The quantitative estimate of drug-likeness (QED) is 0.724. The van der Waals surface area contributed by atoms with Gasteiger partial charge in [-0.1, -0.05) is 23.7 Å². The number of hydrogen-bond acceptors (Lipinski definition) is 2. The first-order chi connectivity index (χ1) is 8.74. The minimum atomic E-state index is 0.321. The Morgan fingerprint density at radius 2 is 2.06 bits per heavy atom. The largest absolute Gasteiger partial charge is 0.374 e. The third kappa shape index (κ3) is 5.38. The van der Waals surface area contributed by atoms with E-state index in [0.717, 1.165) is 24.0 Å². The summed E-state index contributed by atoms with van der Waals surface area (Å²) in [5.41, 5.74) is 1.18. The zero-order valence-corrected chi connectivity index (χ0v) is 11.7. The Morgan fingerprint density at radius 3 is 2.72 bits per heavy atom. The summed E-state index contributed by atoms with van der Waals surface area (Å²) in [6, 6.07) is 8.66. The van der Waals surface area contributed by atoms with Gasteiger partial charge in [0, 0.05) is 11.1 Å². The molecule has 100 valence electrons. The summed E-state index contributed by atoms with van der Waals surface area (Å²) in [5.74, 6) is 0. The summed E-state index contributed by atoms with van der Waals surface area (Å²) in [6.45, 7) is 3.95. The molecular formula is C15H22ClNO. The van der Waals surface area contributed by atoms with Gasteiger partial charge in [0.1, 0.15) is 0 Å². The topological polar surface area (TPSA) is 21.3 Å². The number of ether oxygens (including phenoxy) is 1. The number of benzene rings is 1. The normalized spacial score (nSPS) is 16.8. The van der Waals surface area contributed by atoms with E-state index < -0.39 is 0 Å². The maximum absolute atomic E-state index is 5.84. The first-order valence-electron chi connectivity index (χ1n) is 6.83. The second-order valence-electron chi connectivity index (χ2n) is 5.12. The fourth-order valence-corrected chi connectivity index (χ4v) is 2.01. The number of hydrogen-bond donors (Lipinski definition) is 1. The van der Waals surface area contributed by atoms with Crippen LogP contribution in [-0.2, 0) is 11.3 Å². The van der Waals surface area contributed by atoms with Gasteiger partial charge in [-0.3, -0.25) is 0 Å². The van der Waals surface area contributed by atoms with Crippen molar-refractivity contribution >= 4 is 11.6 Å². The van der Waals surface area contributed by atoms with Crippen LogP contribution in [-0.4, -0.2) is 18.7 Å². The molecule has 2 rings (SSSR count). The van der Waals surface area contributed by atoms with Crippen LogP contribution in [0.4, 0.5) is 0 Å². The predicted molar refractivity (Wildman–Crippen MR) is 76.0 cm³/mol. The molecule has 1 saturated carbocycles. The standard InChI is InChI=1S/C15H22ClNO/c1-12(3-2-10-17-15-8-9-15)18-11-13-4-6-14(16)7-5-13/h4-7,12,15,17H,2-3,8-11H2,1H3. The molecule has 1 fully saturated rings. The van der Waals surface area contributed by atoms with Gasteiger partial charge in [0.15, 0.2) is 0 Å². The molecule has 0 amide bonds. The van der Waals surface area contributed by atoms with E-state index in [1.54, 1.807) is 0 Å². The first kappa shape index (κ1) is 13.9. The van der Waals surface area contributed by atoms with Gasteiger partial charge in [-0.15, -0.1) is 0 Å². The first-order valence-corrected chi connectivity index (χ1v) is 7.21. The van der Waals surface area contributed by atoms with Crippen LogP contribution in [0.15, 0.2) is 24.3 Å². The third-order valence-electron chi connectivity index (χ3n) is 3.25. The van der Waals surface area contributed by atoms with E-state index in [9.17, 15) is 0 Å². The van der Waals surface area contributed by atoms with Crippen LogP contribution in [0.3, 0.4) is 0 Å². The Labute approximate surface area is 115 Å². The van der Waals surface area contributed by atoms with Crippen LogP contribution in [0.25, 0.3) is 0 Å². The van der Waals surface area contributed by atoms with Crippen molar-refractivity contribution in [1.82, 2.24) is 5.32 Å². The summed E-state index contributed by atoms with van der Waals surface area (Å²) in [7, 11) is 0. The molecule has 1 aromatic carbocycles. The average Bonchev–Trinajstić information content (AvgIpc) is 3.18. The van der Waals surface area contributed by atoms with Gasteiger partial charge in [-0.2, -0.15) is 0 Å². The molecule has 0 aliphatic heterocycles. The lowest BCUT2D eigenvalue weighted by molar-refractivity contribution is 0.0463. The molecular weight excluding hydrogens is 246 g/mol. The second-order valence-corrected chi connectivity index (χ2v) is 5.56. The Bertz CT molecular complexity index is 348. The minimum absolute atomic E-state index is 0.321. The van der Waals surface area contributed by atoms with Crippen LogP contribution in [0, 0.1) is 0 Å². The Morgan fingerprint density at radius 1 is 1.33 bits per heavy atom. The van der Waals surface area contributed by atoms with Crippen molar-refractivity contribution in [3.05, 3.63) is 34.9 Å². The molecule has 2 nitrogen and oxygen atoms in total. The zero-order chi connectivity index (χ0) is 12.8. The number of rotatable bonds is 8. The van der Waals surface area contributed by atoms with Gasteiger partial charge >= 0.3 is 0 Å². The average molecular weight is 268 g/mol. The molecule has 1 aromatic rings. The number of halogens is 1. The highest BCUT2D eigenvalue weighted by atomic mass is 35.5. The van der Waals surface area contributed by atoms with Crippen LogP contribution < -0.4 is 5.32 Å². The minimum Gasteiger partial charge on any atom is -0.374 e. The molecule has 1 aliphatic carbocycles. The van der Waals surface area contributed by atoms with Crippen molar-refractivity contribution < 1.29 is 4.74 Å². The van der Waals surface area contributed by atoms with E-state index >= 15 is 0 Å². The Balaban J connectivity index is 1.55. The molecule has 0 aromatic heterocycles. The van der Waals surface area contributed by atoms with Crippen LogP contribution in [0.2, 0.25) is 5.02 Å². The van der Waals surface area contributed by atoms with Gasteiger partial charge in [0.2, 0.25) is 0 Å². The lowest BCUT2D eigenvalue weighted by Crippen LogP contribution is -2.19. The van der Waals surface area contributed by atoms with E-state index in [0.29, 0.717) is 12.7 Å². The van der Waals surface area contributed by atoms with Crippen molar-refractivity contribution in [2.45, 2.75) is 51.4 Å². The Kier molecular flexibility index (Phi) is 5.48. The molecule has 3 heteroatoms. The van der Waals surface area contributed by atoms with Crippen LogP contribution in [0.1, 0.15) is 38.2 Å². The van der Waals surface area contributed by atoms with E-state index in [1.807, 2.05) is 24.3 Å². The van der Waals surface area contributed by atoms with Crippen molar-refractivity contribution in [2.24, 2.45) is 0 Å². The summed E-state index contributed by atoms with van der Waals surface area (Å²) < 4.78 is 5.82. The third-order valence-corrected chi connectivity index (χ3v) is 3.50. The lowest BCUT2D eigenvalue weighted by atomic mass is 10.2. The van der Waals surface area contributed by atoms with E-state index in [2.05, 4.69) is 12.2 Å². The summed E-state index contributed by atoms with van der Waals surface area (Å²) >= 11 is 5.84. The monoisotopic (exact) mass is 267 g/mol. The van der Waals surface area contributed by atoms with Crippen LogP contribution >= 0.6 is 11.6 Å². The smallest absolute Gasteiger partial charge is 0.0720 e. The molecule has 0 radical (unpaired) electrons. The zero-order valence-electron chi connectivity index (χ0n) is 11.0. The fourth-order valence-electron chi connectivity index (χ4n) is 1.89. The van der Waals surface area contributed by atoms with Gasteiger partial charge in [-0.05, 0) is 56.8 Å². The van der Waals surface area contributed by atoms with Crippen molar-refractivity contribution in [3.8, 4) is 0 Å². The fraction of sp³-hybridized carbons (Fsp3) is 0.600. The summed E-state index contributed by atoms with van der Waals surface area (Å²) in [4.78, 5) is 0. The maximum atomic E-state index is 5.84. The highest BCUT2D eigenvalue weighted by molar-refractivity contribution is 6.30. The van der Waals surface area contributed by atoms with Gasteiger partial charge < -0.3 is 10.1 Å². The van der Waals surface area contributed by atoms with Gasteiger partial charge in [0.25, 0.3) is 0 Å². The molecule has 0 heterocycles. The van der Waals surface area contributed by atoms with Crippen molar-refractivity contribution in [2.75, 3.05) is 6.54 Å². The molecule has 1 atom stereocenters. The van der Waals surface area contributed by atoms with E-state index in [1.165, 1.54) is 24.8 Å². The van der Waals surface area contributed by atoms with Crippen molar-refractivity contribution in [3.63, 3.8) is 0 Å². The van der Waals surface area contributed by atoms with Gasteiger partial charge in [-0.25, -0.2) is 0 Å². The van der Waals surface area contributed by atoms with Crippen molar-refractivity contribution in [1.29, 1.82) is 0 Å². The second kappa shape index (κ2) is 7.13. The van der Waals surface area contributed by atoms with E-state index in [-0.39, 0.29) is 0 Å². The maximum Gasteiger partial charge on any atom is 0.0720 e. The molecule has 1 unspecified atom stereocenters. The lowest BCUT2D eigenvalue weighted by Gasteiger charge is -2.13. The SMILES string of the molecule is CC(CCCNC1CC1)OCc1ccc(Cl)cc1. The molecule has 0 bridgehead atoms. The van der Waals surface area contributed by atoms with Gasteiger partial charge in [0.05, 0.1) is 12.7 Å². The molecule has 0 saturated heterocycles. The summed E-state index contributed by atoms with van der Waals surface area (Å²) in [5, 5.41) is 4.30. The van der Waals surface area contributed by atoms with Crippen LogP contribution in [0.5, 0.6) is 0 Å². The molecule has 1 N–H and O–H groups in total. The predicted octanol–water partition coefficient (Wildman–Crippen LogP) is 3.78. The highest BCUT2D eigenvalue weighted by Gasteiger charge is 2.19.